The van der Waals surface area contributed by atoms with Crippen molar-refractivity contribution in [1.29, 1.82) is 0 Å². The van der Waals surface area contributed by atoms with Crippen LogP contribution in [0.4, 0.5) is 5.69 Å². The summed E-state index contributed by atoms with van der Waals surface area (Å²) in [5, 5.41) is 13.6. The fraction of sp³-hybridized carbons (Fsp3) is 0.417. The van der Waals surface area contributed by atoms with E-state index in [1.54, 1.807) is 19.1 Å². The fourth-order valence-electron chi connectivity index (χ4n) is 2.26. The second-order valence-electron chi connectivity index (χ2n) is 4.80. The zero-order valence-electron chi connectivity index (χ0n) is 10.8. The molecule has 1 saturated heterocycles. The molecule has 1 fully saturated rings. The predicted molar refractivity (Wildman–Crippen MR) is 72.4 cm³/mol. The summed E-state index contributed by atoms with van der Waals surface area (Å²) in [6.45, 7) is 1.55. The van der Waals surface area contributed by atoms with Gasteiger partial charge in [-0.2, -0.15) is 0 Å². The van der Waals surface area contributed by atoms with Gasteiger partial charge >= 0.3 is 0 Å². The monoisotopic (exact) mass is 298 g/mol. The number of carbonyl (C=O) groups excluding carboxylic acids is 1. The average Bonchev–Trinajstić information content (AvgIpc) is 2.67. The van der Waals surface area contributed by atoms with E-state index in [0.717, 1.165) is 0 Å². The predicted octanol–water partition coefficient (Wildman–Crippen LogP) is 0.820. The number of para-hydroxylation sites is 1. The third kappa shape index (κ3) is 2.96. The van der Waals surface area contributed by atoms with Gasteiger partial charge in [0.25, 0.3) is 11.6 Å². The van der Waals surface area contributed by atoms with Gasteiger partial charge in [-0.3, -0.25) is 14.9 Å². The summed E-state index contributed by atoms with van der Waals surface area (Å²) < 4.78 is 22.7. The Morgan fingerprint density at radius 2 is 2.15 bits per heavy atom. The van der Waals surface area contributed by atoms with Crippen LogP contribution in [0.25, 0.3) is 0 Å². The highest BCUT2D eigenvalue weighted by atomic mass is 32.2. The van der Waals surface area contributed by atoms with Crippen LogP contribution in [0.5, 0.6) is 0 Å². The summed E-state index contributed by atoms with van der Waals surface area (Å²) in [7, 11) is -3.11. The smallest absolute Gasteiger partial charge is 0.285 e. The maximum absolute atomic E-state index is 12.1. The Morgan fingerprint density at radius 1 is 1.45 bits per heavy atom. The lowest BCUT2D eigenvalue weighted by atomic mass is 10.1. The first-order chi connectivity index (χ1) is 9.30. The number of sulfone groups is 1. The van der Waals surface area contributed by atoms with Gasteiger partial charge in [-0.25, -0.2) is 8.42 Å². The molecule has 1 aliphatic heterocycles. The van der Waals surface area contributed by atoms with E-state index >= 15 is 0 Å². The number of hydrogen-bond donors (Lipinski definition) is 1. The minimum atomic E-state index is -3.11. The summed E-state index contributed by atoms with van der Waals surface area (Å²) in [5.74, 6) is -0.686. The van der Waals surface area contributed by atoms with Gasteiger partial charge in [0.2, 0.25) is 0 Å². The van der Waals surface area contributed by atoms with Crippen LogP contribution in [-0.4, -0.2) is 36.8 Å². The number of aryl methyl sites for hydroxylation is 1. The largest absolute Gasteiger partial charge is 0.348 e. The zero-order chi connectivity index (χ0) is 14.9. The molecule has 1 aromatic rings. The SMILES string of the molecule is Cc1cccc(C(=O)NC2CCS(=O)(=O)C2)c1[N+](=O)[O-]. The van der Waals surface area contributed by atoms with Crippen LogP contribution < -0.4 is 5.32 Å². The van der Waals surface area contributed by atoms with E-state index < -0.39 is 26.7 Å². The van der Waals surface area contributed by atoms with Crippen molar-refractivity contribution in [2.45, 2.75) is 19.4 Å². The molecule has 7 nitrogen and oxygen atoms in total. The summed E-state index contributed by atoms with van der Waals surface area (Å²) in [6, 6.07) is 3.99. The molecule has 1 aliphatic rings. The molecule has 0 spiro atoms. The number of nitrogens with zero attached hydrogens (tertiary/aromatic N) is 1. The molecule has 1 N–H and O–H groups in total. The second kappa shape index (κ2) is 5.20. The van der Waals surface area contributed by atoms with E-state index in [1.807, 2.05) is 0 Å². The minimum absolute atomic E-state index is 0.0356. The lowest BCUT2D eigenvalue weighted by Gasteiger charge is -2.11. The number of nitro groups is 1. The third-order valence-corrected chi connectivity index (χ3v) is 5.00. The fourth-order valence-corrected chi connectivity index (χ4v) is 3.93. The molecule has 0 saturated carbocycles. The molecule has 8 heteroatoms. The first-order valence-electron chi connectivity index (χ1n) is 6.05. The molecule has 2 rings (SSSR count). The third-order valence-electron chi connectivity index (χ3n) is 3.23. The summed E-state index contributed by atoms with van der Waals surface area (Å²) in [5.41, 5.74) is 0.104. The van der Waals surface area contributed by atoms with Gasteiger partial charge in [-0.1, -0.05) is 12.1 Å². The van der Waals surface area contributed by atoms with Gasteiger partial charge in [0.15, 0.2) is 9.84 Å². The van der Waals surface area contributed by atoms with Gasteiger partial charge in [-0.15, -0.1) is 0 Å². The maximum Gasteiger partial charge on any atom is 0.285 e. The molecule has 0 bridgehead atoms. The van der Waals surface area contributed by atoms with Crippen molar-refractivity contribution in [2.75, 3.05) is 11.5 Å². The molecule has 1 aromatic carbocycles. The van der Waals surface area contributed by atoms with Crippen molar-refractivity contribution < 1.29 is 18.1 Å². The Morgan fingerprint density at radius 3 is 2.70 bits per heavy atom. The lowest BCUT2D eigenvalue weighted by Crippen LogP contribution is -2.36. The average molecular weight is 298 g/mol. The van der Waals surface area contributed by atoms with Gasteiger partial charge in [0, 0.05) is 11.6 Å². The molecule has 108 valence electrons. The number of benzene rings is 1. The van der Waals surface area contributed by atoms with E-state index in [1.165, 1.54) is 6.07 Å². The van der Waals surface area contributed by atoms with E-state index in [-0.39, 0.29) is 22.8 Å². The van der Waals surface area contributed by atoms with Crippen LogP contribution >= 0.6 is 0 Å². The number of amides is 1. The Labute approximate surface area is 116 Å². The highest BCUT2D eigenvalue weighted by Gasteiger charge is 2.31. The molecular weight excluding hydrogens is 284 g/mol. The second-order valence-corrected chi connectivity index (χ2v) is 7.03. The number of rotatable bonds is 3. The molecule has 0 aliphatic carbocycles. The Hall–Kier alpha value is -1.96. The molecule has 1 amide bonds. The van der Waals surface area contributed by atoms with E-state index in [2.05, 4.69) is 5.32 Å². The first-order valence-corrected chi connectivity index (χ1v) is 7.87. The van der Waals surface area contributed by atoms with Gasteiger partial charge in [0.1, 0.15) is 5.56 Å². The van der Waals surface area contributed by atoms with Crippen LogP contribution in [0.2, 0.25) is 0 Å². The van der Waals surface area contributed by atoms with Crippen LogP contribution in [0.3, 0.4) is 0 Å². The molecule has 20 heavy (non-hydrogen) atoms. The van der Waals surface area contributed by atoms with E-state index in [0.29, 0.717) is 12.0 Å². The van der Waals surface area contributed by atoms with Crippen molar-refractivity contribution >= 4 is 21.4 Å². The molecule has 0 aromatic heterocycles. The molecule has 1 atom stereocenters. The molecule has 0 radical (unpaired) electrons. The summed E-state index contributed by atoms with van der Waals surface area (Å²) >= 11 is 0. The van der Waals surface area contributed by atoms with E-state index in [9.17, 15) is 23.3 Å². The van der Waals surface area contributed by atoms with Crippen molar-refractivity contribution in [3.8, 4) is 0 Å². The number of carbonyl (C=O) groups is 1. The topological polar surface area (TPSA) is 106 Å². The van der Waals surface area contributed by atoms with Gasteiger partial charge in [0.05, 0.1) is 16.4 Å². The number of hydrogen-bond acceptors (Lipinski definition) is 5. The van der Waals surface area contributed by atoms with E-state index in [4.69, 9.17) is 0 Å². The number of nitrogens with one attached hydrogen (secondary N) is 1. The van der Waals surface area contributed by atoms with Crippen molar-refractivity contribution in [3.05, 3.63) is 39.4 Å². The quantitative estimate of drug-likeness (QED) is 0.656. The highest BCUT2D eigenvalue weighted by molar-refractivity contribution is 7.91. The van der Waals surface area contributed by atoms with Crippen LogP contribution in [0, 0.1) is 17.0 Å². The Kier molecular flexibility index (Phi) is 3.76. The minimum Gasteiger partial charge on any atom is -0.348 e. The Balaban J connectivity index is 2.22. The standard InChI is InChI=1S/C12H14N2O5S/c1-8-3-2-4-10(11(8)14(16)17)12(15)13-9-5-6-20(18,19)7-9/h2-4,9H,5-7H2,1H3,(H,13,15). The van der Waals surface area contributed by atoms with Gasteiger partial charge < -0.3 is 5.32 Å². The summed E-state index contributed by atoms with van der Waals surface area (Å²) in [6.07, 6.45) is 0.341. The van der Waals surface area contributed by atoms with Crippen molar-refractivity contribution in [2.24, 2.45) is 0 Å². The zero-order valence-corrected chi connectivity index (χ0v) is 11.6. The summed E-state index contributed by atoms with van der Waals surface area (Å²) in [4.78, 5) is 22.5. The van der Waals surface area contributed by atoms with Crippen molar-refractivity contribution in [1.82, 2.24) is 5.32 Å². The first kappa shape index (κ1) is 14.4. The molecule has 1 unspecified atom stereocenters. The lowest BCUT2D eigenvalue weighted by molar-refractivity contribution is -0.385. The van der Waals surface area contributed by atoms with Crippen molar-refractivity contribution in [3.63, 3.8) is 0 Å². The Bertz CT molecular complexity index is 668. The number of nitro benzene ring substituents is 1. The molecule has 1 heterocycles. The van der Waals surface area contributed by atoms with Crippen LogP contribution in [0.15, 0.2) is 18.2 Å². The van der Waals surface area contributed by atoms with Crippen LogP contribution in [0.1, 0.15) is 22.3 Å². The van der Waals surface area contributed by atoms with Crippen LogP contribution in [-0.2, 0) is 9.84 Å². The maximum atomic E-state index is 12.1. The normalized spacial score (nSPS) is 20.6. The van der Waals surface area contributed by atoms with Gasteiger partial charge in [-0.05, 0) is 19.4 Å². The molecular formula is C12H14N2O5S. The highest BCUT2D eigenvalue weighted by Crippen LogP contribution is 2.23.